The number of rotatable bonds is 2. The molecule has 0 atom stereocenters. The van der Waals surface area contributed by atoms with E-state index in [2.05, 4.69) is 20.8 Å². The van der Waals surface area contributed by atoms with E-state index in [-0.39, 0.29) is 0 Å². The van der Waals surface area contributed by atoms with Crippen LogP contribution in [0.25, 0.3) is 0 Å². The summed E-state index contributed by atoms with van der Waals surface area (Å²) in [7, 11) is 0. The normalized spacial score (nSPS) is 25.0. The third kappa shape index (κ3) is 2.80. The fraction of sp³-hybridized carbons (Fsp3) is 1.00. The van der Waals surface area contributed by atoms with Crippen molar-refractivity contribution in [2.45, 2.75) is 86.0 Å². The van der Waals surface area contributed by atoms with Gasteiger partial charge in [-0.2, -0.15) is 0 Å². The van der Waals surface area contributed by atoms with Gasteiger partial charge in [-0.25, -0.2) is 0 Å². The highest BCUT2D eigenvalue weighted by Gasteiger charge is 2.45. The van der Waals surface area contributed by atoms with Crippen molar-refractivity contribution in [3.63, 3.8) is 0 Å². The fourth-order valence-corrected chi connectivity index (χ4v) is 10.4. The summed E-state index contributed by atoms with van der Waals surface area (Å²) in [6, 6.07) is 0. The summed E-state index contributed by atoms with van der Waals surface area (Å²) in [4.78, 5) is 0. The fourth-order valence-electron chi connectivity index (χ4n) is 4.43. The third-order valence-electron chi connectivity index (χ3n) is 4.82. The number of hydrogen-bond acceptors (Lipinski definition) is 0. The predicted molar refractivity (Wildman–Crippen MR) is 69.9 cm³/mol. The van der Waals surface area contributed by atoms with Crippen LogP contribution in [0, 0.1) is 0 Å². The molecule has 1 heteroatoms. The summed E-state index contributed by atoms with van der Waals surface area (Å²) in [5, 5.41) is 0. The highest BCUT2D eigenvalue weighted by atomic mass is 27.2. The maximum Gasteiger partial charge on any atom is 0.274 e. The Labute approximate surface area is 100 Å². The third-order valence-corrected chi connectivity index (χ3v) is 10.2. The Morgan fingerprint density at radius 1 is 0.733 bits per heavy atom. The van der Waals surface area contributed by atoms with Crippen LogP contribution >= 0.6 is 0 Å². The van der Waals surface area contributed by atoms with Gasteiger partial charge in [0.1, 0.15) is 0 Å². The summed E-state index contributed by atoms with van der Waals surface area (Å²) in [5.74, 6) is 0. The Balaban J connectivity index is 2.07. The van der Waals surface area contributed by atoms with Gasteiger partial charge in [0.2, 0.25) is 0 Å². The second kappa shape index (κ2) is 4.81. The quantitative estimate of drug-likeness (QED) is 0.565. The molecule has 0 bridgehead atoms. The lowest BCUT2D eigenvalue weighted by Crippen LogP contribution is -2.34. The molecular weight excluding hydrogens is 195 g/mol. The first-order valence-corrected chi connectivity index (χ1v) is 9.00. The molecular formula is C14H27Al. The average molecular weight is 222 g/mol. The van der Waals surface area contributed by atoms with Crippen LogP contribution in [-0.2, 0) is 0 Å². The lowest BCUT2D eigenvalue weighted by molar-refractivity contribution is 0.648. The van der Waals surface area contributed by atoms with E-state index in [4.69, 9.17) is 0 Å². The van der Waals surface area contributed by atoms with Crippen LogP contribution in [0.4, 0.5) is 0 Å². The van der Waals surface area contributed by atoms with Gasteiger partial charge < -0.3 is 0 Å². The molecule has 0 spiro atoms. The first-order valence-electron chi connectivity index (χ1n) is 7.09. The van der Waals surface area contributed by atoms with E-state index in [0.29, 0.717) is 4.28 Å². The zero-order valence-corrected chi connectivity index (χ0v) is 12.0. The first-order chi connectivity index (χ1) is 7.09. The zero-order chi connectivity index (χ0) is 10.9. The van der Waals surface area contributed by atoms with Crippen LogP contribution in [-0.4, -0.2) is 14.1 Å². The summed E-state index contributed by atoms with van der Waals surface area (Å²) in [5.41, 5.74) is 0. The Hall–Kier alpha value is 0.532. The maximum atomic E-state index is 2.54. The summed E-state index contributed by atoms with van der Waals surface area (Å²) >= 11 is -0.527. The van der Waals surface area contributed by atoms with E-state index in [9.17, 15) is 0 Å². The van der Waals surface area contributed by atoms with Crippen molar-refractivity contribution in [3.05, 3.63) is 0 Å². The standard InChI is InChI=1S/2C5H9.C4H9.Al/c2*1-2-4-5-3-1;1-4(2)3;/h2*1H,2-5H2;1-3H3;. The molecule has 2 fully saturated rings. The Kier molecular flexibility index (Phi) is 3.85. The molecule has 0 radical (unpaired) electrons. The second-order valence-electron chi connectivity index (χ2n) is 6.98. The molecule has 0 saturated heterocycles. The molecule has 0 nitrogen and oxygen atoms in total. The largest absolute Gasteiger partial charge is 0.274 e. The van der Waals surface area contributed by atoms with Gasteiger partial charge in [0.05, 0.1) is 0 Å². The first kappa shape index (κ1) is 12.0. The summed E-state index contributed by atoms with van der Waals surface area (Å²) in [6.07, 6.45) is 12.5. The van der Waals surface area contributed by atoms with E-state index in [1.165, 1.54) is 35.2 Å². The lowest BCUT2D eigenvalue weighted by Gasteiger charge is -2.35. The van der Waals surface area contributed by atoms with Crippen LogP contribution in [0.5, 0.6) is 0 Å². The monoisotopic (exact) mass is 222 g/mol. The topological polar surface area (TPSA) is 0 Å². The van der Waals surface area contributed by atoms with Crippen molar-refractivity contribution in [1.29, 1.82) is 0 Å². The molecule has 0 aromatic heterocycles. The molecule has 0 aromatic rings. The van der Waals surface area contributed by atoms with Crippen LogP contribution in [0.15, 0.2) is 0 Å². The second-order valence-corrected chi connectivity index (χ2v) is 11.7. The van der Waals surface area contributed by atoms with Crippen LogP contribution in [0.3, 0.4) is 0 Å². The Bertz CT molecular complexity index is 176. The molecule has 0 aliphatic heterocycles. The van der Waals surface area contributed by atoms with Crippen LogP contribution in [0.2, 0.25) is 13.8 Å². The minimum absolute atomic E-state index is 0.527. The molecule has 2 saturated carbocycles. The van der Waals surface area contributed by atoms with Gasteiger partial charge in [-0.1, -0.05) is 86.0 Å². The van der Waals surface area contributed by atoms with Gasteiger partial charge in [-0.05, 0) is 0 Å². The van der Waals surface area contributed by atoms with Gasteiger partial charge in [0.25, 0.3) is 14.1 Å². The summed E-state index contributed by atoms with van der Waals surface area (Å²) < 4.78 is 3.09. The SMILES string of the molecule is C[C](C)(C)[Al]([CH]1CCCC1)[CH]1CCCC1. The Morgan fingerprint density at radius 2 is 1.07 bits per heavy atom. The highest BCUT2D eigenvalue weighted by Crippen LogP contribution is 2.51. The van der Waals surface area contributed by atoms with E-state index in [1.54, 1.807) is 25.7 Å². The van der Waals surface area contributed by atoms with Crippen molar-refractivity contribution in [2.24, 2.45) is 0 Å². The molecule has 0 unspecified atom stereocenters. The van der Waals surface area contributed by atoms with Crippen molar-refractivity contribution >= 4 is 14.1 Å². The van der Waals surface area contributed by atoms with Gasteiger partial charge in [-0.15, -0.1) is 0 Å². The molecule has 0 heterocycles. The van der Waals surface area contributed by atoms with Gasteiger partial charge in [0.15, 0.2) is 0 Å². The lowest BCUT2D eigenvalue weighted by atomic mass is 10.2. The summed E-state index contributed by atoms with van der Waals surface area (Å²) in [6.45, 7) is 7.63. The molecule has 2 rings (SSSR count). The minimum atomic E-state index is -0.527. The van der Waals surface area contributed by atoms with E-state index in [0.717, 1.165) is 0 Å². The molecule has 0 amide bonds. The Morgan fingerprint density at radius 3 is 1.33 bits per heavy atom. The average Bonchev–Trinajstić information content (AvgIpc) is 2.73. The van der Waals surface area contributed by atoms with Crippen molar-refractivity contribution < 1.29 is 0 Å². The molecule has 2 aliphatic rings. The van der Waals surface area contributed by atoms with Crippen LogP contribution < -0.4 is 0 Å². The predicted octanol–water partition coefficient (Wildman–Crippen LogP) is 5.17. The molecule has 0 N–H and O–H groups in total. The highest BCUT2D eigenvalue weighted by molar-refractivity contribution is 6.65. The van der Waals surface area contributed by atoms with Crippen molar-refractivity contribution in [2.75, 3.05) is 0 Å². The van der Waals surface area contributed by atoms with Crippen LogP contribution in [0.1, 0.15) is 72.1 Å². The molecule has 15 heavy (non-hydrogen) atoms. The van der Waals surface area contributed by atoms with Gasteiger partial charge in [0, 0.05) is 0 Å². The minimum Gasteiger partial charge on any atom is -0.0815 e. The molecule has 2 aliphatic carbocycles. The van der Waals surface area contributed by atoms with E-state index >= 15 is 0 Å². The van der Waals surface area contributed by atoms with E-state index < -0.39 is 14.1 Å². The maximum absolute atomic E-state index is 2.54. The molecule has 0 aromatic carbocycles. The van der Waals surface area contributed by atoms with Crippen molar-refractivity contribution in [3.8, 4) is 0 Å². The van der Waals surface area contributed by atoms with Gasteiger partial charge >= 0.3 is 0 Å². The molecule has 86 valence electrons. The zero-order valence-electron chi connectivity index (χ0n) is 10.9. The van der Waals surface area contributed by atoms with Crippen molar-refractivity contribution in [1.82, 2.24) is 0 Å². The number of hydrogen-bond donors (Lipinski definition) is 0. The van der Waals surface area contributed by atoms with E-state index in [1.807, 2.05) is 0 Å². The van der Waals surface area contributed by atoms with Gasteiger partial charge in [-0.3, -0.25) is 0 Å². The smallest absolute Gasteiger partial charge is 0.0815 e.